The van der Waals surface area contributed by atoms with Crippen molar-refractivity contribution in [2.24, 2.45) is 15.2 Å². The van der Waals surface area contributed by atoms with E-state index >= 15 is 0 Å². The molecule has 0 N–H and O–H groups in total. The summed E-state index contributed by atoms with van der Waals surface area (Å²) in [5.74, 6) is -5.05. The van der Waals surface area contributed by atoms with Gasteiger partial charge in [0.05, 0.1) is 36.1 Å². The average Bonchev–Trinajstić information content (AvgIpc) is 3.86. The monoisotopic (exact) mass is 970 g/mol. The minimum atomic E-state index is -5.23. The van der Waals surface area contributed by atoms with Gasteiger partial charge in [-0.05, 0) is 48.5 Å². The van der Waals surface area contributed by atoms with Crippen LogP contribution in [0.15, 0.2) is 125 Å². The number of nitrogens with zero attached hydrogens (tertiary/aromatic N) is 8. The number of hydrogen-bond donors (Lipinski definition) is 0. The van der Waals surface area contributed by atoms with Crippen LogP contribution in [0.25, 0.3) is 0 Å². The fourth-order valence-corrected chi connectivity index (χ4v) is 6.15. The number of carbonyl (C=O) groups excluding carboxylic acids is 1. The smallest absolute Gasteiger partial charge is 0.441 e. The number of rotatable bonds is 6. The fraction of sp³-hybridized carbons (Fsp3) is 0.205. The molecule has 0 fully saturated rings. The Balaban J connectivity index is 0.000000162. The van der Waals surface area contributed by atoms with E-state index in [1.165, 1.54) is 48.7 Å². The molecule has 4 aromatic carbocycles. The van der Waals surface area contributed by atoms with Gasteiger partial charge in [-0.1, -0.05) is 42.5 Å². The first-order chi connectivity index (χ1) is 26.7. The largest absolute Gasteiger partial charge is 0.545 e. The molecule has 1 aromatic heterocycles. The van der Waals surface area contributed by atoms with E-state index in [-0.39, 0.29) is 25.8 Å². The Kier molecular flexibility index (Phi) is 13.0. The van der Waals surface area contributed by atoms with Gasteiger partial charge in [0.2, 0.25) is 0 Å². The van der Waals surface area contributed by atoms with Gasteiger partial charge < -0.3 is 29.5 Å². The van der Waals surface area contributed by atoms with Crippen molar-refractivity contribution in [1.82, 2.24) is 4.98 Å². The molecule has 0 aliphatic carbocycles. The second-order valence-corrected chi connectivity index (χ2v) is 12.8. The van der Waals surface area contributed by atoms with Crippen LogP contribution in [0.4, 0.5) is 53.5 Å². The molecule has 3 aliphatic rings. The molecule has 8 rings (SSSR count). The van der Waals surface area contributed by atoms with E-state index in [0.717, 1.165) is 34.9 Å². The average molecular weight is 970 g/mol. The minimum Gasteiger partial charge on any atom is -0.545 e. The van der Waals surface area contributed by atoms with Crippen molar-refractivity contribution < 1.29 is 60.7 Å². The Morgan fingerprint density at radius 2 is 1.16 bits per heavy atom. The van der Waals surface area contributed by atoms with E-state index in [4.69, 9.17) is 0 Å². The zero-order valence-corrected chi connectivity index (χ0v) is 32.5. The Hall–Kier alpha value is -5.87. The van der Waals surface area contributed by atoms with E-state index in [9.17, 15) is 40.6 Å². The minimum absolute atomic E-state index is 0. The maximum Gasteiger partial charge on any atom is 0.441 e. The van der Waals surface area contributed by atoms with E-state index < -0.39 is 46.9 Å². The molecule has 0 bridgehead atoms. The molecule has 18 heteroatoms. The predicted molar refractivity (Wildman–Crippen MR) is 194 cm³/mol. The number of fused-ring (bicyclic) bond motifs is 2. The van der Waals surface area contributed by atoms with Crippen molar-refractivity contribution in [1.29, 1.82) is 0 Å². The number of aliphatic carboxylic acids is 1. The van der Waals surface area contributed by atoms with Gasteiger partial charge in [-0.3, -0.25) is 4.98 Å². The number of carboxylic acid groups (broad SMARTS) is 1. The Bertz CT molecular complexity index is 2170. The summed E-state index contributed by atoms with van der Waals surface area (Å²) in [5.41, 5.74) is 1.74. The Morgan fingerprint density at radius 1 is 0.702 bits per heavy atom. The third-order valence-electron chi connectivity index (χ3n) is 8.92. The topological polar surface area (TPSA) is 103 Å². The van der Waals surface area contributed by atoms with Gasteiger partial charge in [-0.2, -0.15) is 13.2 Å². The van der Waals surface area contributed by atoms with Crippen LogP contribution >= 0.6 is 0 Å². The SMILES string of the molecule is CN1CN(Cc2ccc(F)cc2F)c2ccccc21.CN1CN(Cc2ccc(F)cc2F)c2ccccc21.O=C([O-])C1(C(F)(F)F)N=NC(c2ccccn2)=N1.[Ir]. The predicted octanol–water partition coefficient (Wildman–Crippen LogP) is 7.06. The first-order valence-electron chi connectivity index (χ1n) is 16.9. The summed E-state index contributed by atoms with van der Waals surface area (Å²) in [7, 11) is 4.00. The van der Waals surface area contributed by atoms with Gasteiger partial charge in [0.15, 0.2) is 5.84 Å². The number of halogens is 7. The van der Waals surface area contributed by atoms with E-state index in [1.54, 1.807) is 0 Å². The molecule has 0 saturated heterocycles. The molecule has 0 spiro atoms. The van der Waals surface area contributed by atoms with Crippen molar-refractivity contribution >= 4 is 34.6 Å². The number of hydrogen-bond acceptors (Lipinski definition) is 10. The quantitative estimate of drug-likeness (QED) is 0.168. The van der Waals surface area contributed by atoms with Crippen LogP contribution in [0, 0.1) is 23.3 Å². The van der Waals surface area contributed by atoms with Crippen molar-refractivity contribution in [3.63, 3.8) is 0 Å². The number of aromatic nitrogens is 1. The molecule has 10 nitrogen and oxygen atoms in total. The number of aliphatic imine (C=N–C) groups is 1. The number of pyridine rings is 1. The van der Waals surface area contributed by atoms with E-state index in [2.05, 4.69) is 39.8 Å². The summed E-state index contributed by atoms with van der Waals surface area (Å²) in [4.78, 5) is 25.7. The normalized spacial score (nSPS) is 16.5. The Labute approximate surface area is 335 Å². The molecule has 1 atom stereocenters. The molecule has 3 aliphatic heterocycles. The Morgan fingerprint density at radius 3 is 1.54 bits per heavy atom. The van der Waals surface area contributed by atoms with Crippen molar-refractivity contribution in [2.45, 2.75) is 24.9 Å². The van der Waals surface area contributed by atoms with Crippen molar-refractivity contribution in [3.8, 4) is 0 Å². The number of alkyl halides is 3. The molecule has 1 unspecified atom stereocenters. The number of azo groups is 1. The van der Waals surface area contributed by atoms with E-state index in [1.807, 2.05) is 62.6 Å². The molecule has 1 radical (unpaired) electrons. The van der Waals surface area contributed by atoms with Gasteiger partial charge in [0, 0.05) is 76.7 Å². The van der Waals surface area contributed by atoms with Crippen LogP contribution < -0.4 is 24.7 Å². The number of para-hydroxylation sites is 4. The van der Waals surface area contributed by atoms with Gasteiger partial charge >= 0.3 is 11.8 Å². The molecule has 5 aromatic rings. The number of benzene rings is 4. The molecular weight excluding hydrogens is 938 g/mol. The summed E-state index contributed by atoms with van der Waals surface area (Å²) in [6.45, 7) is 2.28. The standard InChI is InChI=1S/2C15H14F2N2.C9H5F3N4O2.Ir/c2*1-18-10-19(15-5-3-2-4-14(15)18)9-11-6-7-12(16)8-13(11)17;10-9(11,12)8(7(17)18)14-6(15-16-8)5-3-1-2-4-13-5;/h2*2-8H,9-10H2,1H3;1-4H,(H,17,18);/p-1. The number of amidine groups is 1. The first-order valence-corrected chi connectivity index (χ1v) is 16.9. The third-order valence-corrected chi connectivity index (χ3v) is 8.92. The zero-order chi connectivity index (χ0) is 40.2. The van der Waals surface area contributed by atoms with Crippen LogP contribution in [-0.2, 0) is 38.0 Å². The second-order valence-electron chi connectivity index (χ2n) is 12.8. The summed E-state index contributed by atoms with van der Waals surface area (Å²) in [6, 6.07) is 27.8. The van der Waals surface area contributed by atoms with Crippen LogP contribution in [-0.4, -0.2) is 56.1 Å². The number of anilines is 4. The van der Waals surface area contributed by atoms with Crippen LogP contribution in [0.1, 0.15) is 16.8 Å². The molecule has 0 saturated carbocycles. The number of carboxylic acids is 1. The maximum atomic E-state index is 13.7. The van der Waals surface area contributed by atoms with Gasteiger partial charge in [0.25, 0.3) is 0 Å². The molecule has 57 heavy (non-hydrogen) atoms. The molecular formula is C39H32F7IrN8O2-. The van der Waals surface area contributed by atoms with Crippen LogP contribution in [0.2, 0.25) is 0 Å². The molecule has 299 valence electrons. The maximum absolute atomic E-state index is 13.7. The van der Waals surface area contributed by atoms with Crippen molar-refractivity contribution in [2.75, 3.05) is 47.0 Å². The van der Waals surface area contributed by atoms with Crippen LogP contribution in [0.5, 0.6) is 0 Å². The van der Waals surface area contributed by atoms with Crippen molar-refractivity contribution in [3.05, 3.63) is 149 Å². The molecule has 4 heterocycles. The summed E-state index contributed by atoms with van der Waals surface area (Å²) < 4.78 is 91.2. The fourth-order valence-electron chi connectivity index (χ4n) is 6.15. The number of carbonyl (C=O) groups is 1. The second kappa shape index (κ2) is 17.5. The molecule has 0 amide bonds. The third kappa shape index (κ3) is 9.24. The summed E-state index contributed by atoms with van der Waals surface area (Å²) >= 11 is 0. The summed E-state index contributed by atoms with van der Waals surface area (Å²) in [5, 5.41) is 16.4. The van der Waals surface area contributed by atoms with E-state index in [0.29, 0.717) is 37.6 Å². The summed E-state index contributed by atoms with van der Waals surface area (Å²) in [6.07, 6.45) is -3.92. The van der Waals surface area contributed by atoms with Gasteiger partial charge in [0.1, 0.15) is 34.9 Å². The van der Waals surface area contributed by atoms with Gasteiger partial charge in [-0.25, -0.2) is 22.6 Å². The van der Waals surface area contributed by atoms with Gasteiger partial charge in [-0.15, -0.1) is 10.2 Å². The first kappa shape index (κ1) is 42.3. The zero-order valence-electron chi connectivity index (χ0n) is 30.1. The van der Waals surface area contributed by atoms with Crippen LogP contribution in [0.3, 0.4) is 0 Å².